The van der Waals surface area contributed by atoms with E-state index in [2.05, 4.69) is 31.9 Å². The molecule has 2 aliphatic rings. The van der Waals surface area contributed by atoms with Crippen molar-refractivity contribution in [3.63, 3.8) is 0 Å². The molecular formula is C22H17Br2FN2O2. The van der Waals surface area contributed by atoms with Gasteiger partial charge in [0.25, 0.3) is 11.8 Å². The highest BCUT2D eigenvalue weighted by Crippen LogP contribution is 2.46. The lowest BCUT2D eigenvalue weighted by Crippen LogP contribution is -2.29. The van der Waals surface area contributed by atoms with Gasteiger partial charge in [0.05, 0.1) is 22.5 Å². The van der Waals surface area contributed by atoms with E-state index in [4.69, 9.17) is 0 Å². The van der Waals surface area contributed by atoms with Gasteiger partial charge in [-0.3, -0.25) is 9.59 Å². The van der Waals surface area contributed by atoms with Crippen LogP contribution in [0.5, 0.6) is 0 Å². The highest BCUT2D eigenvalue weighted by Gasteiger charge is 2.48. The Labute approximate surface area is 184 Å². The number of benzene rings is 2. The third kappa shape index (κ3) is 3.07. The fourth-order valence-corrected chi connectivity index (χ4v) is 4.47. The van der Waals surface area contributed by atoms with Gasteiger partial charge in [-0.05, 0) is 49.7 Å². The smallest absolute Gasteiger partial charge is 0.261 e. The quantitative estimate of drug-likeness (QED) is 0.557. The van der Waals surface area contributed by atoms with E-state index in [1.807, 2.05) is 38.1 Å². The minimum atomic E-state index is -0.484. The molecule has 2 aromatic carbocycles. The first kappa shape index (κ1) is 20.0. The van der Waals surface area contributed by atoms with Gasteiger partial charge in [-0.1, -0.05) is 44.0 Å². The maximum absolute atomic E-state index is 14.8. The van der Waals surface area contributed by atoms with Crippen molar-refractivity contribution in [3.05, 3.63) is 79.5 Å². The van der Waals surface area contributed by atoms with E-state index in [1.165, 1.54) is 11.0 Å². The number of likely N-dealkylation sites (N-methyl/N-ethyl adjacent to an activating group) is 2. The van der Waals surface area contributed by atoms with Crippen LogP contribution in [-0.4, -0.2) is 34.7 Å². The van der Waals surface area contributed by atoms with Gasteiger partial charge in [0.1, 0.15) is 5.82 Å². The summed E-state index contributed by atoms with van der Waals surface area (Å²) in [7, 11) is 0. The molecule has 0 radical (unpaired) electrons. The molecule has 0 unspecified atom stereocenters. The van der Waals surface area contributed by atoms with Crippen LogP contribution in [0.2, 0.25) is 0 Å². The van der Waals surface area contributed by atoms with Crippen molar-refractivity contribution < 1.29 is 14.0 Å². The number of hydrogen-bond acceptors (Lipinski definition) is 2. The van der Waals surface area contributed by atoms with Crippen molar-refractivity contribution in [3.8, 4) is 0 Å². The van der Waals surface area contributed by atoms with Crippen molar-refractivity contribution in [1.29, 1.82) is 0 Å². The van der Waals surface area contributed by atoms with Gasteiger partial charge in [-0.2, -0.15) is 0 Å². The Hall–Kier alpha value is -2.25. The van der Waals surface area contributed by atoms with Gasteiger partial charge in [0.2, 0.25) is 0 Å². The molecule has 2 aliphatic heterocycles. The molecule has 0 saturated carbocycles. The van der Waals surface area contributed by atoms with Crippen molar-refractivity contribution >= 4 is 55.1 Å². The number of rotatable bonds is 4. The van der Waals surface area contributed by atoms with Crippen LogP contribution in [0.4, 0.5) is 4.39 Å². The van der Waals surface area contributed by atoms with E-state index in [-0.39, 0.29) is 23.0 Å². The first-order valence-corrected chi connectivity index (χ1v) is 10.8. The van der Waals surface area contributed by atoms with Crippen molar-refractivity contribution in [2.24, 2.45) is 0 Å². The van der Waals surface area contributed by atoms with E-state index in [1.54, 1.807) is 17.0 Å². The molecule has 0 aromatic heterocycles. The molecule has 0 spiro atoms. The molecule has 4 nitrogen and oxygen atoms in total. The standard InChI is InChI=1S/C22H17Br2FN2O2/c1-3-26-19(12-5-7-13(23)8-6-12)17-18(22(26)29)20(27(4-2)21(17)28)15-10-9-14(24)11-16(15)25/h5-11H,3-4H2,1-2H3. The molecule has 0 fully saturated rings. The Morgan fingerprint density at radius 1 is 0.793 bits per heavy atom. The fraction of sp³-hybridized carbons (Fsp3) is 0.182. The Morgan fingerprint density at radius 2 is 1.31 bits per heavy atom. The molecule has 0 bridgehead atoms. The Kier molecular flexibility index (Phi) is 5.21. The van der Waals surface area contributed by atoms with Gasteiger partial charge >= 0.3 is 0 Å². The molecule has 4 rings (SSSR count). The predicted molar refractivity (Wildman–Crippen MR) is 117 cm³/mol. The van der Waals surface area contributed by atoms with Gasteiger partial charge < -0.3 is 9.80 Å². The van der Waals surface area contributed by atoms with E-state index >= 15 is 0 Å². The number of hydrogen-bond donors (Lipinski definition) is 0. The SMILES string of the molecule is CCN1C(=O)C2=C(c3ccc(Br)cc3F)N(CC)C(=O)C2=C1c1ccc(Br)cc1. The second kappa shape index (κ2) is 7.54. The summed E-state index contributed by atoms with van der Waals surface area (Å²) in [5.74, 6) is -1.04. The summed E-state index contributed by atoms with van der Waals surface area (Å²) in [5, 5.41) is 0. The lowest BCUT2D eigenvalue weighted by molar-refractivity contribution is -0.124. The minimum Gasteiger partial charge on any atom is -0.307 e. The zero-order chi connectivity index (χ0) is 20.9. The molecule has 0 atom stereocenters. The van der Waals surface area contributed by atoms with E-state index in [0.717, 1.165) is 10.0 Å². The van der Waals surface area contributed by atoms with Crippen molar-refractivity contribution in [2.75, 3.05) is 13.1 Å². The number of nitrogens with zero attached hydrogens (tertiary/aromatic N) is 2. The molecule has 0 aliphatic carbocycles. The van der Waals surface area contributed by atoms with Gasteiger partial charge in [-0.25, -0.2) is 4.39 Å². The van der Waals surface area contributed by atoms with E-state index in [9.17, 15) is 14.0 Å². The molecule has 2 heterocycles. The van der Waals surface area contributed by atoms with Crippen LogP contribution in [0.25, 0.3) is 11.4 Å². The van der Waals surface area contributed by atoms with Crippen LogP contribution >= 0.6 is 31.9 Å². The van der Waals surface area contributed by atoms with Crippen LogP contribution in [0, 0.1) is 5.82 Å². The average Bonchev–Trinajstić information content (AvgIpc) is 3.14. The fourth-order valence-electron chi connectivity index (χ4n) is 3.87. The molecule has 148 valence electrons. The zero-order valence-corrected chi connectivity index (χ0v) is 19.0. The molecule has 29 heavy (non-hydrogen) atoms. The van der Waals surface area contributed by atoms with Crippen LogP contribution in [0.15, 0.2) is 62.6 Å². The average molecular weight is 520 g/mol. The molecule has 0 saturated heterocycles. The summed E-state index contributed by atoms with van der Waals surface area (Å²) in [5.41, 5.74) is 2.56. The normalized spacial score (nSPS) is 16.4. The molecule has 0 N–H and O–H groups in total. The summed E-state index contributed by atoms with van der Waals surface area (Å²) >= 11 is 6.67. The number of amides is 2. The Morgan fingerprint density at radius 3 is 1.86 bits per heavy atom. The van der Waals surface area contributed by atoms with Crippen LogP contribution in [-0.2, 0) is 9.59 Å². The maximum Gasteiger partial charge on any atom is 0.261 e. The second-order valence-corrected chi connectivity index (χ2v) is 8.51. The summed E-state index contributed by atoms with van der Waals surface area (Å²) in [6, 6.07) is 12.1. The van der Waals surface area contributed by atoms with E-state index in [0.29, 0.717) is 34.5 Å². The predicted octanol–water partition coefficient (Wildman–Crippen LogP) is 5.20. The lowest BCUT2D eigenvalue weighted by atomic mass is 10.0. The second-order valence-electron chi connectivity index (χ2n) is 6.68. The Balaban J connectivity index is 2.03. The zero-order valence-electron chi connectivity index (χ0n) is 15.8. The minimum absolute atomic E-state index is 0.245. The summed E-state index contributed by atoms with van der Waals surface area (Å²) in [4.78, 5) is 29.8. The van der Waals surface area contributed by atoms with E-state index < -0.39 is 5.82 Å². The first-order valence-electron chi connectivity index (χ1n) is 9.23. The van der Waals surface area contributed by atoms with Crippen LogP contribution in [0.3, 0.4) is 0 Å². The molecule has 2 amide bonds. The summed E-state index contributed by atoms with van der Waals surface area (Å²) in [6.07, 6.45) is 0. The third-order valence-corrected chi connectivity index (χ3v) is 6.14. The third-order valence-electron chi connectivity index (χ3n) is 5.12. The molecule has 2 aromatic rings. The number of fused-ring (bicyclic) bond motifs is 1. The number of carbonyl (C=O) groups is 2. The lowest BCUT2D eigenvalue weighted by Gasteiger charge is -2.23. The summed E-state index contributed by atoms with van der Waals surface area (Å²) in [6.45, 7) is 4.43. The first-order chi connectivity index (χ1) is 13.9. The van der Waals surface area contributed by atoms with Crippen molar-refractivity contribution in [1.82, 2.24) is 9.80 Å². The highest BCUT2D eigenvalue weighted by atomic mass is 79.9. The number of halogens is 3. The topological polar surface area (TPSA) is 40.6 Å². The van der Waals surface area contributed by atoms with Gasteiger partial charge in [-0.15, -0.1) is 0 Å². The van der Waals surface area contributed by atoms with Crippen molar-refractivity contribution in [2.45, 2.75) is 13.8 Å². The monoisotopic (exact) mass is 518 g/mol. The van der Waals surface area contributed by atoms with Crippen LogP contribution in [0.1, 0.15) is 25.0 Å². The molecular weight excluding hydrogens is 503 g/mol. The highest BCUT2D eigenvalue weighted by molar-refractivity contribution is 9.10. The van der Waals surface area contributed by atoms with Gasteiger partial charge in [0, 0.05) is 27.6 Å². The van der Waals surface area contributed by atoms with Gasteiger partial charge in [0.15, 0.2) is 0 Å². The summed E-state index contributed by atoms with van der Waals surface area (Å²) < 4.78 is 16.3. The largest absolute Gasteiger partial charge is 0.307 e. The Bertz CT molecular complexity index is 1110. The van der Waals surface area contributed by atoms with Crippen LogP contribution < -0.4 is 0 Å². The number of carbonyl (C=O) groups excluding carboxylic acids is 2. The maximum atomic E-state index is 14.8. The molecule has 7 heteroatoms.